The minimum Gasteiger partial charge on any atom is -0.444 e. The Morgan fingerprint density at radius 1 is 1.32 bits per heavy atom. The topological polar surface area (TPSA) is 120 Å². The zero-order valence-electron chi connectivity index (χ0n) is 20.4. The third-order valence-electron chi connectivity index (χ3n) is 6.43. The number of aliphatic hydroxyl groups is 1. The molecule has 1 amide bonds. The van der Waals surface area contributed by atoms with Crippen molar-refractivity contribution < 1.29 is 19.0 Å². The Kier molecular flexibility index (Phi) is 6.66. The molecule has 10 nitrogen and oxygen atoms in total. The number of aryl methyl sites for hydroxylation is 1. The summed E-state index contributed by atoms with van der Waals surface area (Å²) in [5.74, 6) is -0.0162. The van der Waals surface area contributed by atoms with Crippen LogP contribution in [0.3, 0.4) is 0 Å². The number of anilines is 3. The van der Waals surface area contributed by atoms with Crippen LogP contribution in [0, 0.1) is 12.7 Å². The molecule has 0 aromatic carbocycles. The summed E-state index contributed by atoms with van der Waals surface area (Å²) in [7, 11) is 1.88. The number of nitrogens with zero attached hydrogens (tertiary/aromatic N) is 5. The molecule has 186 valence electrons. The number of aromatic amines is 1. The lowest BCUT2D eigenvalue weighted by Crippen LogP contribution is -2.59. The van der Waals surface area contributed by atoms with Gasteiger partial charge in [-0.15, -0.1) is 0 Å². The van der Waals surface area contributed by atoms with E-state index in [1.54, 1.807) is 6.07 Å². The van der Waals surface area contributed by atoms with E-state index in [4.69, 9.17) is 4.74 Å². The van der Waals surface area contributed by atoms with E-state index in [1.165, 1.54) is 0 Å². The van der Waals surface area contributed by atoms with Crippen molar-refractivity contribution >= 4 is 23.7 Å². The average molecular weight is 476 g/mol. The number of halogens is 1. The molecule has 0 saturated carbocycles. The predicted molar refractivity (Wildman–Crippen MR) is 125 cm³/mol. The third kappa shape index (κ3) is 5.08. The molecular formula is C23H34FN7O3. The van der Waals surface area contributed by atoms with E-state index in [-0.39, 0.29) is 35.7 Å². The summed E-state index contributed by atoms with van der Waals surface area (Å²) in [4.78, 5) is 25.4. The molecule has 34 heavy (non-hydrogen) atoms. The van der Waals surface area contributed by atoms with Crippen molar-refractivity contribution in [2.75, 3.05) is 17.3 Å². The zero-order chi connectivity index (χ0) is 24.6. The summed E-state index contributed by atoms with van der Waals surface area (Å²) in [6, 6.07) is 1.93. The van der Waals surface area contributed by atoms with Crippen LogP contribution >= 0.6 is 0 Å². The van der Waals surface area contributed by atoms with Crippen molar-refractivity contribution in [1.29, 1.82) is 0 Å². The average Bonchev–Trinajstić information content (AvgIpc) is 3.17. The first-order valence-corrected chi connectivity index (χ1v) is 11.8. The van der Waals surface area contributed by atoms with Gasteiger partial charge < -0.3 is 25.0 Å². The van der Waals surface area contributed by atoms with E-state index in [0.717, 1.165) is 37.8 Å². The van der Waals surface area contributed by atoms with Crippen LogP contribution in [0.15, 0.2) is 6.07 Å². The Hall–Kier alpha value is -2.95. The first-order chi connectivity index (χ1) is 16.1. The highest BCUT2D eigenvalue weighted by Crippen LogP contribution is 2.37. The Balaban J connectivity index is 1.55. The molecule has 2 aromatic heterocycles. The van der Waals surface area contributed by atoms with Gasteiger partial charge in [0.15, 0.2) is 17.5 Å². The summed E-state index contributed by atoms with van der Waals surface area (Å²) in [5.41, 5.74) is 0.191. The summed E-state index contributed by atoms with van der Waals surface area (Å²) < 4.78 is 20.5. The van der Waals surface area contributed by atoms with Gasteiger partial charge in [0.25, 0.3) is 0 Å². The maximum atomic E-state index is 14.9. The number of amides is 1. The fourth-order valence-corrected chi connectivity index (χ4v) is 4.87. The van der Waals surface area contributed by atoms with Gasteiger partial charge in [-0.2, -0.15) is 10.1 Å². The highest BCUT2D eigenvalue weighted by Gasteiger charge is 2.44. The highest BCUT2D eigenvalue weighted by atomic mass is 19.1. The van der Waals surface area contributed by atoms with Crippen LogP contribution in [0.25, 0.3) is 0 Å². The SMILES string of the molecule is Cc1cc(Nc2nc(N(C)C3C[C@H]4CCC[C@@H](C3)N4C(=O)OC(C)(C)C)nc(CO)c2F)n[nH]1. The van der Waals surface area contributed by atoms with Crippen LogP contribution in [-0.2, 0) is 11.3 Å². The summed E-state index contributed by atoms with van der Waals surface area (Å²) >= 11 is 0. The van der Waals surface area contributed by atoms with Crippen molar-refractivity contribution in [2.45, 2.75) is 90.1 Å². The number of fused-ring (bicyclic) bond motifs is 2. The Bertz CT molecular complexity index is 1020. The number of H-pyrrole nitrogens is 1. The van der Waals surface area contributed by atoms with E-state index < -0.39 is 18.0 Å². The number of hydrogen-bond donors (Lipinski definition) is 3. The minimum atomic E-state index is -0.711. The van der Waals surface area contributed by atoms with Crippen LogP contribution in [-0.4, -0.2) is 67.0 Å². The fourth-order valence-electron chi connectivity index (χ4n) is 4.87. The molecular weight excluding hydrogens is 441 g/mol. The van der Waals surface area contributed by atoms with Gasteiger partial charge in [0.1, 0.15) is 11.3 Å². The minimum absolute atomic E-state index is 0.0428. The predicted octanol–water partition coefficient (Wildman–Crippen LogP) is 3.64. The fraction of sp³-hybridized carbons (Fsp3) is 0.652. The van der Waals surface area contributed by atoms with Crippen molar-refractivity contribution in [1.82, 2.24) is 25.1 Å². The van der Waals surface area contributed by atoms with Crippen molar-refractivity contribution in [3.8, 4) is 0 Å². The second-order valence-electron chi connectivity index (χ2n) is 10.2. The molecule has 0 spiro atoms. The molecule has 4 heterocycles. The lowest BCUT2D eigenvalue weighted by molar-refractivity contribution is -0.0214. The number of rotatable bonds is 5. The Morgan fingerprint density at radius 3 is 2.56 bits per heavy atom. The smallest absolute Gasteiger partial charge is 0.410 e. The lowest BCUT2D eigenvalue weighted by atomic mass is 9.81. The van der Waals surface area contributed by atoms with Crippen LogP contribution in [0.1, 0.15) is 64.3 Å². The first kappa shape index (κ1) is 24.2. The molecule has 4 rings (SSSR count). The number of ether oxygens (including phenoxy) is 1. The number of piperidine rings is 2. The molecule has 2 fully saturated rings. The third-order valence-corrected chi connectivity index (χ3v) is 6.43. The van der Waals surface area contributed by atoms with Gasteiger partial charge in [-0.05, 0) is 59.8 Å². The number of aliphatic hydroxyl groups excluding tert-OH is 1. The van der Waals surface area contributed by atoms with Crippen LogP contribution < -0.4 is 10.2 Å². The maximum absolute atomic E-state index is 14.9. The second kappa shape index (κ2) is 9.36. The highest BCUT2D eigenvalue weighted by molar-refractivity contribution is 5.69. The number of aromatic nitrogens is 4. The van der Waals surface area contributed by atoms with Crippen LogP contribution in [0.4, 0.5) is 26.8 Å². The molecule has 3 atom stereocenters. The molecule has 0 radical (unpaired) electrons. The number of carbonyl (C=O) groups excluding carboxylic acids is 1. The van der Waals surface area contributed by atoms with Gasteiger partial charge in [0.2, 0.25) is 5.95 Å². The lowest BCUT2D eigenvalue weighted by Gasteiger charge is -2.50. The molecule has 2 aromatic rings. The Labute approximate surface area is 198 Å². The number of hydrogen-bond acceptors (Lipinski definition) is 8. The quantitative estimate of drug-likeness (QED) is 0.600. The zero-order valence-corrected chi connectivity index (χ0v) is 20.4. The normalized spacial score (nSPS) is 22.4. The van der Waals surface area contributed by atoms with Crippen molar-refractivity contribution in [2.24, 2.45) is 0 Å². The van der Waals surface area contributed by atoms with Gasteiger partial charge in [0.05, 0.1) is 6.61 Å². The first-order valence-electron chi connectivity index (χ1n) is 11.8. The molecule has 3 N–H and O–H groups in total. The molecule has 0 aliphatic carbocycles. The molecule has 1 unspecified atom stereocenters. The molecule has 2 bridgehead atoms. The monoisotopic (exact) mass is 475 g/mol. The van der Waals surface area contributed by atoms with Gasteiger partial charge >= 0.3 is 6.09 Å². The van der Waals surface area contributed by atoms with Crippen molar-refractivity contribution in [3.05, 3.63) is 23.3 Å². The molecule has 2 aliphatic heterocycles. The number of carbonyl (C=O) groups is 1. The largest absolute Gasteiger partial charge is 0.444 e. The van der Waals surface area contributed by atoms with E-state index in [2.05, 4.69) is 25.5 Å². The van der Waals surface area contributed by atoms with E-state index in [0.29, 0.717) is 11.8 Å². The molecule has 2 saturated heterocycles. The van der Waals surface area contributed by atoms with E-state index in [1.807, 2.05) is 44.5 Å². The second-order valence-corrected chi connectivity index (χ2v) is 10.2. The van der Waals surface area contributed by atoms with Gasteiger partial charge in [-0.25, -0.2) is 14.2 Å². The summed E-state index contributed by atoms with van der Waals surface area (Å²) in [6.07, 6.45) is 4.12. The van der Waals surface area contributed by atoms with Gasteiger partial charge in [-0.3, -0.25) is 5.10 Å². The van der Waals surface area contributed by atoms with Gasteiger partial charge in [0, 0.05) is 36.9 Å². The van der Waals surface area contributed by atoms with Crippen LogP contribution in [0.5, 0.6) is 0 Å². The summed E-state index contributed by atoms with van der Waals surface area (Å²) in [5, 5.41) is 19.4. The standard InChI is InChI=1S/C23H34FN7O3/c1-13-9-18(29-28-13)26-20-19(24)17(12-32)25-21(27-20)30(5)16-10-14-7-6-8-15(11-16)31(14)22(33)34-23(2,3)4/h9,14-16,32H,6-8,10-12H2,1-5H3,(H2,25,26,27,28,29)/t14-,15+,16?. The summed E-state index contributed by atoms with van der Waals surface area (Å²) in [6.45, 7) is 6.92. The van der Waals surface area contributed by atoms with E-state index in [9.17, 15) is 14.3 Å². The molecule has 11 heteroatoms. The number of nitrogens with one attached hydrogen (secondary N) is 2. The maximum Gasteiger partial charge on any atom is 0.410 e. The van der Waals surface area contributed by atoms with E-state index >= 15 is 0 Å². The Morgan fingerprint density at radius 2 is 2.00 bits per heavy atom. The van der Waals surface area contributed by atoms with Gasteiger partial charge in [-0.1, -0.05) is 0 Å². The molecule has 2 aliphatic rings. The van der Waals surface area contributed by atoms with Crippen molar-refractivity contribution in [3.63, 3.8) is 0 Å². The van der Waals surface area contributed by atoms with Crippen LogP contribution in [0.2, 0.25) is 0 Å².